The van der Waals surface area contributed by atoms with Crippen molar-refractivity contribution < 1.29 is 0 Å². The SMILES string of the molecule is CC.CN(C)CCCCNc1cc(=O)c1=O. The fourth-order valence-corrected chi connectivity index (χ4v) is 1.22. The molecule has 0 aliphatic rings. The Balaban J connectivity index is 0.00000106. The maximum atomic E-state index is 10.8. The van der Waals surface area contributed by atoms with Crippen LogP contribution in [0, 0.1) is 0 Å². The highest BCUT2D eigenvalue weighted by atomic mass is 16.2. The molecule has 0 saturated carbocycles. The van der Waals surface area contributed by atoms with Gasteiger partial charge in [0.05, 0.1) is 5.69 Å². The van der Waals surface area contributed by atoms with Crippen LogP contribution in [0.2, 0.25) is 0 Å². The van der Waals surface area contributed by atoms with Crippen LogP contribution < -0.4 is 16.2 Å². The molecule has 0 atom stereocenters. The molecule has 0 aromatic heterocycles. The van der Waals surface area contributed by atoms with E-state index in [-0.39, 0.29) is 10.9 Å². The van der Waals surface area contributed by atoms with Gasteiger partial charge in [-0.05, 0) is 33.5 Å². The molecule has 0 heterocycles. The number of nitrogens with one attached hydrogen (secondary N) is 1. The molecule has 0 bridgehead atoms. The molecule has 0 amide bonds. The van der Waals surface area contributed by atoms with Crippen LogP contribution in [0.25, 0.3) is 0 Å². The zero-order chi connectivity index (χ0) is 12.6. The second kappa shape index (κ2) is 8.05. The van der Waals surface area contributed by atoms with Crippen LogP contribution in [-0.2, 0) is 0 Å². The van der Waals surface area contributed by atoms with Crippen molar-refractivity contribution in [2.45, 2.75) is 26.7 Å². The summed E-state index contributed by atoms with van der Waals surface area (Å²) in [6.07, 6.45) is 2.10. The van der Waals surface area contributed by atoms with Gasteiger partial charge < -0.3 is 10.2 Å². The molecule has 0 aliphatic heterocycles. The Morgan fingerprint density at radius 3 is 2.25 bits per heavy atom. The van der Waals surface area contributed by atoms with Crippen LogP contribution in [-0.4, -0.2) is 32.1 Å². The molecule has 1 rings (SSSR count). The number of hydrogen-bond acceptors (Lipinski definition) is 4. The highest BCUT2D eigenvalue weighted by molar-refractivity contribution is 5.46. The van der Waals surface area contributed by atoms with Gasteiger partial charge in [-0.15, -0.1) is 0 Å². The first kappa shape index (κ1) is 14.8. The summed E-state index contributed by atoms with van der Waals surface area (Å²) in [5.41, 5.74) is -0.293. The van der Waals surface area contributed by atoms with Gasteiger partial charge in [0.15, 0.2) is 0 Å². The summed E-state index contributed by atoms with van der Waals surface area (Å²) in [6.45, 7) is 5.81. The molecular formula is C12H22N2O2. The van der Waals surface area contributed by atoms with Gasteiger partial charge in [0.1, 0.15) is 0 Å². The van der Waals surface area contributed by atoms with Crippen LogP contribution in [0.4, 0.5) is 5.69 Å². The van der Waals surface area contributed by atoms with Gasteiger partial charge in [-0.1, -0.05) is 13.8 Å². The van der Waals surface area contributed by atoms with Crippen molar-refractivity contribution in [3.05, 3.63) is 26.5 Å². The van der Waals surface area contributed by atoms with Crippen molar-refractivity contribution in [2.24, 2.45) is 0 Å². The van der Waals surface area contributed by atoms with Gasteiger partial charge in [-0.25, -0.2) is 0 Å². The van der Waals surface area contributed by atoms with Gasteiger partial charge in [0.25, 0.3) is 0 Å². The van der Waals surface area contributed by atoms with Crippen LogP contribution >= 0.6 is 0 Å². The van der Waals surface area contributed by atoms with Crippen LogP contribution in [0.1, 0.15) is 26.7 Å². The van der Waals surface area contributed by atoms with E-state index >= 15 is 0 Å². The summed E-state index contributed by atoms with van der Waals surface area (Å²) in [6, 6.07) is 1.36. The lowest BCUT2D eigenvalue weighted by molar-refractivity contribution is 0.396. The van der Waals surface area contributed by atoms with Crippen molar-refractivity contribution in [3.63, 3.8) is 0 Å². The van der Waals surface area contributed by atoms with Crippen LogP contribution in [0.5, 0.6) is 0 Å². The van der Waals surface area contributed by atoms with E-state index in [4.69, 9.17) is 0 Å². The van der Waals surface area contributed by atoms with Crippen molar-refractivity contribution >= 4 is 5.69 Å². The van der Waals surface area contributed by atoms with Gasteiger partial charge in [-0.2, -0.15) is 0 Å². The number of nitrogens with zero attached hydrogens (tertiary/aromatic N) is 1. The first-order valence-electron chi connectivity index (χ1n) is 5.80. The lowest BCUT2D eigenvalue weighted by Crippen LogP contribution is -2.32. The molecule has 0 unspecified atom stereocenters. The second-order valence-corrected chi connectivity index (χ2v) is 3.69. The molecule has 4 heteroatoms. The standard InChI is InChI=1S/C10H16N2O2.C2H6/c1-12(2)6-4-3-5-11-8-7-9(13)10(8)14;1-2/h7,11H,3-6H2,1-2H3;1-2H3. The molecule has 16 heavy (non-hydrogen) atoms. The molecule has 1 N–H and O–H groups in total. The molecule has 0 spiro atoms. The van der Waals surface area contributed by atoms with Crippen LogP contribution in [0.3, 0.4) is 0 Å². The summed E-state index contributed by atoms with van der Waals surface area (Å²) < 4.78 is 0. The Hall–Kier alpha value is -1.16. The Bertz CT molecular complexity index is 351. The molecule has 0 fully saturated rings. The zero-order valence-corrected chi connectivity index (χ0v) is 10.7. The van der Waals surface area contributed by atoms with Crippen molar-refractivity contribution in [1.29, 1.82) is 0 Å². The summed E-state index contributed by atoms with van der Waals surface area (Å²) in [7, 11) is 4.06. The number of hydrogen-bond donors (Lipinski definition) is 1. The molecule has 0 saturated heterocycles. The minimum Gasteiger partial charge on any atom is -0.382 e. The Morgan fingerprint density at radius 2 is 1.81 bits per heavy atom. The third-order valence-corrected chi connectivity index (χ3v) is 2.09. The average Bonchev–Trinajstić information content (AvgIpc) is 2.29. The topological polar surface area (TPSA) is 49.4 Å². The van der Waals surface area contributed by atoms with E-state index < -0.39 is 0 Å². The Morgan fingerprint density at radius 1 is 1.19 bits per heavy atom. The van der Waals surface area contributed by atoms with E-state index in [9.17, 15) is 9.59 Å². The summed E-state index contributed by atoms with van der Waals surface area (Å²) >= 11 is 0. The third kappa shape index (κ3) is 5.07. The van der Waals surface area contributed by atoms with E-state index in [2.05, 4.69) is 10.2 Å². The fraction of sp³-hybridized carbons (Fsp3) is 0.667. The normalized spacial score (nSPS) is 10.1. The third-order valence-electron chi connectivity index (χ3n) is 2.09. The van der Waals surface area contributed by atoms with Gasteiger partial charge in [-0.3, -0.25) is 9.59 Å². The number of rotatable bonds is 6. The van der Waals surface area contributed by atoms with Gasteiger partial charge >= 0.3 is 0 Å². The molecule has 1 aromatic carbocycles. The van der Waals surface area contributed by atoms with E-state index in [1.807, 2.05) is 27.9 Å². The molecular weight excluding hydrogens is 204 g/mol. The molecule has 0 radical (unpaired) electrons. The lowest BCUT2D eigenvalue weighted by atomic mass is 10.2. The van der Waals surface area contributed by atoms with Crippen molar-refractivity contribution in [2.75, 3.05) is 32.5 Å². The molecule has 92 valence electrons. The number of unbranched alkanes of at least 4 members (excludes halogenated alkanes) is 1. The quantitative estimate of drug-likeness (QED) is 0.582. The smallest absolute Gasteiger partial charge is 0.248 e. The predicted octanol–water partition coefficient (Wildman–Crippen LogP) is 1.06. The molecule has 0 aliphatic carbocycles. The van der Waals surface area contributed by atoms with E-state index in [0.29, 0.717) is 5.69 Å². The van der Waals surface area contributed by atoms with Gasteiger partial charge in [0, 0.05) is 12.6 Å². The molecule has 4 nitrogen and oxygen atoms in total. The zero-order valence-electron chi connectivity index (χ0n) is 10.7. The van der Waals surface area contributed by atoms with Gasteiger partial charge in [0.2, 0.25) is 10.9 Å². The highest BCUT2D eigenvalue weighted by Crippen LogP contribution is 1.97. The highest BCUT2D eigenvalue weighted by Gasteiger charge is 2.07. The summed E-state index contributed by atoms with van der Waals surface area (Å²) in [5, 5.41) is 2.95. The molecule has 1 aromatic rings. The fourth-order valence-electron chi connectivity index (χ4n) is 1.22. The largest absolute Gasteiger partial charge is 0.382 e. The van der Waals surface area contributed by atoms with E-state index in [0.717, 1.165) is 25.9 Å². The monoisotopic (exact) mass is 226 g/mol. The van der Waals surface area contributed by atoms with E-state index in [1.165, 1.54) is 6.07 Å². The Labute approximate surface area is 97.0 Å². The van der Waals surface area contributed by atoms with E-state index in [1.54, 1.807) is 0 Å². The minimum absolute atomic E-state index is 0.377. The first-order chi connectivity index (χ1) is 7.61. The van der Waals surface area contributed by atoms with Crippen molar-refractivity contribution in [1.82, 2.24) is 4.90 Å². The average molecular weight is 226 g/mol. The number of anilines is 1. The second-order valence-electron chi connectivity index (χ2n) is 3.69. The maximum Gasteiger partial charge on any atom is 0.248 e. The van der Waals surface area contributed by atoms with Crippen LogP contribution in [0.15, 0.2) is 15.7 Å². The summed E-state index contributed by atoms with van der Waals surface area (Å²) in [4.78, 5) is 23.5. The minimum atomic E-state index is -0.388. The Kier molecular flexibility index (Phi) is 7.46. The maximum absolute atomic E-state index is 10.8. The van der Waals surface area contributed by atoms with Crippen molar-refractivity contribution in [3.8, 4) is 0 Å². The lowest BCUT2D eigenvalue weighted by Gasteiger charge is -2.09. The first-order valence-corrected chi connectivity index (χ1v) is 5.80. The predicted molar refractivity (Wildman–Crippen MR) is 69.0 cm³/mol. The summed E-state index contributed by atoms with van der Waals surface area (Å²) in [5.74, 6) is 0.